The first-order valence-corrected chi connectivity index (χ1v) is 11.8. The Morgan fingerprint density at radius 3 is 2.76 bits per heavy atom. The largest absolute Gasteiger partial charge is 0.497 e. The van der Waals surface area contributed by atoms with Gasteiger partial charge in [-0.25, -0.2) is 4.98 Å². The van der Waals surface area contributed by atoms with Crippen LogP contribution in [0, 0.1) is 5.92 Å². The Morgan fingerprint density at radius 1 is 1.34 bits per heavy atom. The van der Waals surface area contributed by atoms with Crippen molar-refractivity contribution in [1.82, 2.24) is 9.55 Å². The smallest absolute Gasteiger partial charge is 0.267 e. The average molecular weight is 431 g/mol. The third kappa shape index (κ3) is 3.83. The molecule has 1 aliphatic rings. The molecule has 4 rings (SSSR count). The molecule has 1 aromatic carbocycles. The van der Waals surface area contributed by atoms with Crippen molar-refractivity contribution >= 4 is 33.3 Å². The van der Waals surface area contributed by atoms with Crippen molar-refractivity contribution in [3.05, 3.63) is 45.1 Å². The van der Waals surface area contributed by atoms with E-state index in [-0.39, 0.29) is 11.7 Å². The Bertz CT molecular complexity index is 1070. The summed E-state index contributed by atoms with van der Waals surface area (Å²) in [6, 6.07) is 7.60. The van der Waals surface area contributed by atoms with Crippen LogP contribution in [0.4, 0.5) is 0 Å². The van der Waals surface area contributed by atoms with Crippen molar-refractivity contribution in [2.24, 2.45) is 5.92 Å². The van der Waals surface area contributed by atoms with E-state index in [9.17, 15) is 4.79 Å². The zero-order valence-corrected chi connectivity index (χ0v) is 18.9. The lowest BCUT2D eigenvalue weighted by molar-refractivity contribution is 0.00200. The van der Waals surface area contributed by atoms with Crippen LogP contribution in [-0.2, 0) is 17.8 Å². The fourth-order valence-corrected chi connectivity index (χ4v) is 5.62. The fourth-order valence-electron chi connectivity index (χ4n) is 3.59. The molecule has 3 heterocycles. The van der Waals surface area contributed by atoms with Gasteiger partial charge < -0.3 is 9.47 Å². The first-order chi connectivity index (χ1) is 14.0. The van der Waals surface area contributed by atoms with Crippen molar-refractivity contribution in [2.45, 2.75) is 51.5 Å². The van der Waals surface area contributed by atoms with Gasteiger partial charge in [0.25, 0.3) is 5.56 Å². The molecule has 2 aromatic heterocycles. The highest BCUT2D eigenvalue weighted by molar-refractivity contribution is 7.99. The van der Waals surface area contributed by atoms with Crippen LogP contribution >= 0.6 is 23.1 Å². The second kappa shape index (κ2) is 8.50. The van der Waals surface area contributed by atoms with Crippen LogP contribution in [0.2, 0.25) is 0 Å². The van der Waals surface area contributed by atoms with E-state index in [1.807, 2.05) is 24.3 Å². The number of aromatic nitrogens is 2. The average Bonchev–Trinajstić information content (AvgIpc) is 3.10. The number of hydrogen-bond acceptors (Lipinski definition) is 6. The molecule has 0 N–H and O–H groups in total. The maximum atomic E-state index is 13.7. The number of ether oxygens (including phenoxy) is 2. The van der Waals surface area contributed by atoms with E-state index in [0.717, 1.165) is 55.8 Å². The van der Waals surface area contributed by atoms with Gasteiger partial charge in [-0.2, -0.15) is 0 Å². The molecule has 5 nitrogen and oxygen atoms in total. The van der Waals surface area contributed by atoms with Gasteiger partial charge >= 0.3 is 0 Å². The van der Waals surface area contributed by atoms with Crippen LogP contribution in [0.15, 0.2) is 34.2 Å². The highest BCUT2D eigenvalue weighted by Crippen LogP contribution is 2.36. The van der Waals surface area contributed by atoms with E-state index in [2.05, 4.69) is 20.8 Å². The summed E-state index contributed by atoms with van der Waals surface area (Å²) in [7, 11) is 1.64. The molecule has 29 heavy (non-hydrogen) atoms. The van der Waals surface area contributed by atoms with Crippen molar-refractivity contribution in [3.63, 3.8) is 0 Å². The third-order valence-corrected chi connectivity index (χ3v) is 7.46. The van der Waals surface area contributed by atoms with Gasteiger partial charge in [0, 0.05) is 17.1 Å². The molecular weight excluding hydrogens is 404 g/mol. The van der Waals surface area contributed by atoms with Crippen LogP contribution in [0.1, 0.15) is 37.6 Å². The molecule has 0 amide bonds. The lowest BCUT2D eigenvalue weighted by atomic mass is 9.96. The molecule has 0 aliphatic carbocycles. The predicted octanol–water partition coefficient (Wildman–Crippen LogP) is 5.06. The second-order valence-corrected chi connectivity index (χ2v) is 9.71. The summed E-state index contributed by atoms with van der Waals surface area (Å²) >= 11 is 3.23. The van der Waals surface area contributed by atoms with Crippen LogP contribution in [0.25, 0.3) is 15.9 Å². The molecule has 1 aliphatic heterocycles. The summed E-state index contributed by atoms with van der Waals surface area (Å²) < 4.78 is 13.1. The van der Waals surface area contributed by atoms with Crippen LogP contribution in [-0.4, -0.2) is 28.5 Å². The van der Waals surface area contributed by atoms with E-state index in [0.29, 0.717) is 12.5 Å². The van der Waals surface area contributed by atoms with Crippen LogP contribution in [0.3, 0.4) is 0 Å². The minimum Gasteiger partial charge on any atom is -0.497 e. The zero-order valence-electron chi connectivity index (χ0n) is 17.2. The topological polar surface area (TPSA) is 53.4 Å². The Balaban J connectivity index is 1.91. The number of nitrogens with zero attached hydrogens (tertiary/aromatic N) is 2. The Hall–Kier alpha value is -1.83. The third-order valence-electron chi connectivity index (χ3n) is 5.22. The first kappa shape index (κ1) is 20.4. The predicted molar refractivity (Wildman–Crippen MR) is 120 cm³/mol. The van der Waals surface area contributed by atoms with Gasteiger partial charge in [0.05, 0.1) is 30.9 Å². The molecule has 0 fully saturated rings. The highest BCUT2D eigenvalue weighted by Gasteiger charge is 2.28. The van der Waals surface area contributed by atoms with Crippen LogP contribution < -0.4 is 10.3 Å². The summed E-state index contributed by atoms with van der Waals surface area (Å²) in [4.78, 5) is 20.6. The van der Waals surface area contributed by atoms with E-state index < -0.39 is 0 Å². The molecule has 3 aromatic rings. The molecule has 154 valence electrons. The Morgan fingerprint density at radius 2 is 2.10 bits per heavy atom. The number of rotatable bonds is 6. The summed E-state index contributed by atoms with van der Waals surface area (Å²) in [5, 5.41) is 1.50. The fraction of sp³-hybridized carbons (Fsp3) is 0.455. The van der Waals surface area contributed by atoms with Gasteiger partial charge in [-0.15, -0.1) is 11.3 Å². The molecule has 0 bridgehead atoms. The second-order valence-electron chi connectivity index (χ2n) is 7.56. The lowest BCUT2D eigenvalue weighted by Crippen LogP contribution is -2.28. The number of fused-ring (bicyclic) bond motifs is 3. The molecule has 0 saturated heterocycles. The van der Waals surface area contributed by atoms with Gasteiger partial charge in [-0.3, -0.25) is 9.36 Å². The molecule has 0 radical (unpaired) electrons. The van der Waals surface area contributed by atoms with Crippen molar-refractivity contribution in [1.29, 1.82) is 0 Å². The van der Waals surface area contributed by atoms with Crippen LogP contribution in [0.5, 0.6) is 5.75 Å². The maximum absolute atomic E-state index is 13.7. The molecule has 1 atom stereocenters. The highest BCUT2D eigenvalue weighted by atomic mass is 32.2. The zero-order chi connectivity index (χ0) is 20.5. The monoisotopic (exact) mass is 430 g/mol. The lowest BCUT2D eigenvalue weighted by Gasteiger charge is -2.26. The maximum Gasteiger partial charge on any atom is 0.267 e. The van der Waals surface area contributed by atoms with E-state index >= 15 is 0 Å². The molecule has 0 unspecified atom stereocenters. The van der Waals surface area contributed by atoms with E-state index in [1.165, 1.54) is 0 Å². The van der Waals surface area contributed by atoms with E-state index in [1.54, 1.807) is 34.8 Å². The minimum absolute atomic E-state index is 0.0145. The SMILES string of the molecule is CCCSc1nc2sc3c(c2c(=O)n1-c1ccc(OC)cc1)C[C@@H](C(C)C)OC3. The van der Waals surface area contributed by atoms with Gasteiger partial charge in [0.15, 0.2) is 5.16 Å². The van der Waals surface area contributed by atoms with Crippen molar-refractivity contribution < 1.29 is 9.47 Å². The number of thioether (sulfide) groups is 1. The summed E-state index contributed by atoms with van der Waals surface area (Å²) in [6.45, 7) is 7.03. The molecule has 0 saturated carbocycles. The summed E-state index contributed by atoms with van der Waals surface area (Å²) in [5.74, 6) is 2.09. The van der Waals surface area contributed by atoms with Crippen molar-refractivity contribution in [2.75, 3.05) is 12.9 Å². The number of methoxy groups -OCH3 is 1. The van der Waals surface area contributed by atoms with Gasteiger partial charge in [-0.05, 0) is 42.2 Å². The first-order valence-electron chi connectivity index (χ1n) is 9.99. The van der Waals surface area contributed by atoms with Gasteiger partial charge in [-0.1, -0.05) is 32.5 Å². The standard InChI is InChI=1S/C22H26N2O3S2/c1-5-10-28-22-23-20-19(16-11-17(13(2)3)27-12-18(16)29-20)21(25)24(22)14-6-8-15(26-4)9-7-14/h6-9,13,17H,5,10-12H2,1-4H3/t17-/m0/s1. The molecule has 0 spiro atoms. The number of thiophene rings is 1. The molecular formula is C22H26N2O3S2. The van der Waals surface area contributed by atoms with E-state index in [4.69, 9.17) is 14.5 Å². The Kier molecular flexibility index (Phi) is 5.99. The summed E-state index contributed by atoms with van der Waals surface area (Å²) in [6.07, 6.45) is 1.93. The van der Waals surface area contributed by atoms with Gasteiger partial charge in [0.1, 0.15) is 10.6 Å². The quantitative estimate of drug-likeness (QED) is 0.404. The minimum atomic E-state index is 0.0145. The van der Waals surface area contributed by atoms with Crippen molar-refractivity contribution in [3.8, 4) is 11.4 Å². The normalized spacial score (nSPS) is 16.4. The Labute approximate surface area is 179 Å². The number of hydrogen-bond donors (Lipinski definition) is 0. The van der Waals surface area contributed by atoms with Gasteiger partial charge in [0.2, 0.25) is 0 Å². The summed E-state index contributed by atoms with van der Waals surface area (Å²) in [5.41, 5.74) is 1.96. The molecule has 7 heteroatoms. The number of benzene rings is 1.